The number of amides is 1. The summed E-state index contributed by atoms with van der Waals surface area (Å²) in [7, 11) is 0. The molecule has 0 aromatic carbocycles. The standard InChI is InChI=1S/C13H26N2O2/c1-10-5-7-15(8-6-11(10)9-14)12(16)17-13(2,3)4/h10-11H,5-9,14H2,1-4H3/t10-,11+/m1/s1. The lowest BCUT2D eigenvalue weighted by atomic mass is 9.90. The minimum Gasteiger partial charge on any atom is -0.444 e. The number of hydrogen-bond acceptors (Lipinski definition) is 3. The fraction of sp³-hybridized carbons (Fsp3) is 0.923. The van der Waals surface area contributed by atoms with Crippen LogP contribution in [-0.2, 0) is 4.74 Å². The molecule has 0 radical (unpaired) electrons. The molecule has 0 aromatic heterocycles. The number of carbonyl (C=O) groups excluding carboxylic acids is 1. The molecule has 1 rings (SSSR count). The summed E-state index contributed by atoms with van der Waals surface area (Å²) < 4.78 is 5.39. The number of likely N-dealkylation sites (tertiary alicyclic amines) is 1. The molecular formula is C13H26N2O2. The quantitative estimate of drug-likeness (QED) is 0.767. The normalized spacial score (nSPS) is 26.5. The van der Waals surface area contributed by atoms with Crippen molar-refractivity contribution < 1.29 is 9.53 Å². The molecule has 0 bridgehead atoms. The van der Waals surface area contributed by atoms with Gasteiger partial charge in [0.1, 0.15) is 5.60 Å². The third-order valence-corrected chi connectivity index (χ3v) is 3.38. The van der Waals surface area contributed by atoms with Gasteiger partial charge in [-0.2, -0.15) is 0 Å². The molecule has 0 unspecified atom stereocenters. The van der Waals surface area contributed by atoms with Crippen molar-refractivity contribution in [1.29, 1.82) is 0 Å². The van der Waals surface area contributed by atoms with Gasteiger partial charge in [0, 0.05) is 13.1 Å². The number of ether oxygens (including phenoxy) is 1. The molecule has 1 aliphatic rings. The van der Waals surface area contributed by atoms with Crippen LogP contribution in [0.5, 0.6) is 0 Å². The van der Waals surface area contributed by atoms with Gasteiger partial charge in [0.15, 0.2) is 0 Å². The monoisotopic (exact) mass is 242 g/mol. The highest BCUT2D eigenvalue weighted by Gasteiger charge is 2.27. The van der Waals surface area contributed by atoms with Crippen LogP contribution in [0.25, 0.3) is 0 Å². The summed E-state index contributed by atoms with van der Waals surface area (Å²) >= 11 is 0. The van der Waals surface area contributed by atoms with Crippen LogP contribution in [0, 0.1) is 11.8 Å². The molecule has 0 spiro atoms. The molecule has 1 amide bonds. The van der Waals surface area contributed by atoms with E-state index in [2.05, 4.69) is 6.92 Å². The molecule has 2 N–H and O–H groups in total. The number of rotatable bonds is 1. The van der Waals surface area contributed by atoms with Gasteiger partial charge in [-0.15, -0.1) is 0 Å². The average Bonchev–Trinajstić information content (AvgIpc) is 2.37. The Morgan fingerprint density at radius 1 is 1.35 bits per heavy atom. The zero-order valence-electron chi connectivity index (χ0n) is 11.5. The van der Waals surface area contributed by atoms with Crippen molar-refractivity contribution in [3.05, 3.63) is 0 Å². The van der Waals surface area contributed by atoms with Crippen molar-refractivity contribution in [3.8, 4) is 0 Å². The van der Waals surface area contributed by atoms with E-state index in [1.807, 2.05) is 25.7 Å². The predicted molar refractivity (Wildman–Crippen MR) is 68.7 cm³/mol. The van der Waals surface area contributed by atoms with E-state index in [0.29, 0.717) is 18.4 Å². The molecule has 2 atom stereocenters. The number of carbonyl (C=O) groups is 1. The van der Waals surface area contributed by atoms with Crippen LogP contribution >= 0.6 is 0 Å². The first kappa shape index (κ1) is 14.3. The van der Waals surface area contributed by atoms with Crippen molar-refractivity contribution >= 4 is 6.09 Å². The van der Waals surface area contributed by atoms with Gasteiger partial charge in [0.05, 0.1) is 0 Å². The van der Waals surface area contributed by atoms with Crippen LogP contribution in [0.4, 0.5) is 4.79 Å². The Morgan fingerprint density at radius 3 is 2.47 bits per heavy atom. The maximum absolute atomic E-state index is 11.9. The van der Waals surface area contributed by atoms with Crippen molar-refractivity contribution in [2.45, 2.75) is 46.1 Å². The lowest BCUT2D eigenvalue weighted by Gasteiger charge is -2.26. The summed E-state index contributed by atoms with van der Waals surface area (Å²) in [5.74, 6) is 1.12. The summed E-state index contributed by atoms with van der Waals surface area (Å²) in [4.78, 5) is 13.8. The Kier molecular flexibility index (Phi) is 4.80. The second-order valence-corrected chi connectivity index (χ2v) is 6.02. The molecule has 17 heavy (non-hydrogen) atoms. The van der Waals surface area contributed by atoms with Gasteiger partial charge in [-0.3, -0.25) is 0 Å². The zero-order valence-corrected chi connectivity index (χ0v) is 11.5. The first-order chi connectivity index (χ1) is 7.83. The van der Waals surface area contributed by atoms with Crippen molar-refractivity contribution in [2.24, 2.45) is 17.6 Å². The minimum absolute atomic E-state index is 0.192. The molecule has 1 fully saturated rings. The molecule has 4 heteroatoms. The Hall–Kier alpha value is -0.770. The van der Waals surface area contributed by atoms with Crippen LogP contribution in [0.2, 0.25) is 0 Å². The van der Waals surface area contributed by atoms with Crippen LogP contribution in [0.3, 0.4) is 0 Å². The largest absolute Gasteiger partial charge is 0.444 e. The van der Waals surface area contributed by atoms with Gasteiger partial charge in [-0.05, 0) is 52.0 Å². The molecule has 100 valence electrons. The van der Waals surface area contributed by atoms with Crippen LogP contribution in [0.1, 0.15) is 40.5 Å². The van der Waals surface area contributed by atoms with Gasteiger partial charge < -0.3 is 15.4 Å². The van der Waals surface area contributed by atoms with E-state index in [9.17, 15) is 4.79 Å². The Morgan fingerprint density at radius 2 is 1.94 bits per heavy atom. The summed E-state index contributed by atoms with van der Waals surface area (Å²) in [6, 6.07) is 0. The fourth-order valence-corrected chi connectivity index (χ4v) is 2.17. The van der Waals surface area contributed by atoms with Gasteiger partial charge in [0.25, 0.3) is 0 Å². The molecule has 0 aromatic rings. The molecule has 0 saturated carbocycles. The molecule has 4 nitrogen and oxygen atoms in total. The van der Waals surface area contributed by atoms with E-state index < -0.39 is 5.60 Å². The maximum Gasteiger partial charge on any atom is 0.410 e. The predicted octanol–water partition coefficient (Wildman–Crippen LogP) is 2.23. The third-order valence-electron chi connectivity index (χ3n) is 3.38. The number of hydrogen-bond donors (Lipinski definition) is 1. The zero-order chi connectivity index (χ0) is 13.1. The maximum atomic E-state index is 11.9. The van der Waals surface area contributed by atoms with Gasteiger partial charge in [0.2, 0.25) is 0 Å². The third kappa shape index (κ3) is 4.54. The van der Waals surface area contributed by atoms with E-state index in [1.165, 1.54) is 0 Å². The van der Waals surface area contributed by atoms with Crippen molar-refractivity contribution in [2.75, 3.05) is 19.6 Å². The van der Waals surface area contributed by atoms with Crippen LogP contribution in [0.15, 0.2) is 0 Å². The van der Waals surface area contributed by atoms with Gasteiger partial charge >= 0.3 is 6.09 Å². The van der Waals surface area contributed by atoms with Crippen LogP contribution in [-0.4, -0.2) is 36.2 Å². The Bertz CT molecular complexity index is 261. The highest BCUT2D eigenvalue weighted by atomic mass is 16.6. The average molecular weight is 242 g/mol. The second-order valence-electron chi connectivity index (χ2n) is 6.02. The Labute approximate surface area is 104 Å². The van der Waals surface area contributed by atoms with Crippen molar-refractivity contribution in [1.82, 2.24) is 4.90 Å². The first-order valence-electron chi connectivity index (χ1n) is 6.51. The smallest absolute Gasteiger partial charge is 0.410 e. The molecule has 1 aliphatic heterocycles. The minimum atomic E-state index is -0.414. The lowest BCUT2D eigenvalue weighted by molar-refractivity contribution is 0.0254. The first-order valence-corrected chi connectivity index (χ1v) is 6.51. The van der Waals surface area contributed by atoms with Crippen LogP contribution < -0.4 is 5.73 Å². The Balaban J connectivity index is 2.53. The lowest BCUT2D eigenvalue weighted by Crippen LogP contribution is -2.37. The highest BCUT2D eigenvalue weighted by molar-refractivity contribution is 5.68. The molecule has 0 aliphatic carbocycles. The van der Waals surface area contributed by atoms with E-state index in [-0.39, 0.29) is 6.09 Å². The van der Waals surface area contributed by atoms with E-state index >= 15 is 0 Å². The van der Waals surface area contributed by atoms with Gasteiger partial charge in [-0.1, -0.05) is 6.92 Å². The number of nitrogens with two attached hydrogens (primary N) is 1. The molecule has 1 saturated heterocycles. The fourth-order valence-electron chi connectivity index (χ4n) is 2.17. The molecule has 1 heterocycles. The van der Waals surface area contributed by atoms with Gasteiger partial charge in [-0.25, -0.2) is 4.79 Å². The van der Waals surface area contributed by atoms with E-state index in [4.69, 9.17) is 10.5 Å². The van der Waals surface area contributed by atoms with E-state index in [0.717, 1.165) is 25.9 Å². The molecular weight excluding hydrogens is 216 g/mol. The van der Waals surface area contributed by atoms with Crippen molar-refractivity contribution in [3.63, 3.8) is 0 Å². The highest BCUT2D eigenvalue weighted by Crippen LogP contribution is 2.23. The summed E-state index contributed by atoms with van der Waals surface area (Å²) in [6.07, 6.45) is 1.81. The summed E-state index contributed by atoms with van der Waals surface area (Å²) in [6.45, 7) is 10.2. The topological polar surface area (TPSA) is 55.6 Å². The summed E-state index contributed by atoms with van der Waals surface area (Å²) in [5.41, 5.74) is 5.34. The SMILES string of the molecule is C[C@@H]1CCN(C(=O)OC(C)(C)C)CC[C@H]1CN. The summed E-state index contributed by atoms with van der Waals surface area (Å²) in [5, 5.41) is 0. The second kappa shape index (κ2) is 5.71. The van der Waals surface area contributed by atoms with E-state index in [1.54, 1.807) is 0 Å². The number of nitrogens with zero attached hydrogens (tertiary/aromatic N) is 1.